The van der Waals surface area contributed by atoms with E-state index in [0.717, 1.165) is 5.56 Å². The second-order valence-electron chi connectivity index (χ2n) is 4.32. The molecule has 1 aliphatic rings. The van der Waals surface area contributed by atoms with Crippen LogP contribution >= 0.6 is 0 Å². The standard InChI is InChI=1S/C14H13N3O4/c18-12(8-10-4-2-1-3-5-10)15-14-17-16-13(21-14)11-9-19-6-7-20-11/h1-5,9H,6-8H2,(H,15,17,18). The van der Waals surface area contributed by atoms with Crippen LogP contribution in [0.2, 0.25) is 0 Å². The summed E-state index contributed by atoms with van der Waals surface area (Å²) in [6, 6.07) is 9.42. The average molecular weight is 287 g/mol. The van der Waals surface area contributed by atoms with E-state index in [1.807, 2.05) is 30.3 Å². The van der Waals surface area contributed by atoms with Gasteiger partial charge in [-0.3, -0.25) is 10.1 Å². The molecule has 1 aliphatic heterocycles. The lowest BCUT2D eigenvalue weighted by molar-refractivity contribution is -0.115. The molecule has 21 heavy (non-hydrogen) atoms. The number of nitrogens with zero attached hydrogens (tertiary/aromatic N) is 2. The highest BCUT2D eigenvalue weighted by Gasteiger charge is 2.17. The maximum atomic E-state index is 11.9. The van der Waals surface area contributed by atoms with Gasteiger partial charge in [-0.15, -0.1) is 5.10 Å². The molecule has 0 fully saturated rings. The number of amides is 1. The molecule has 1 amide bonds. The maximum Gasteiger partial charge on any atom is 0.322 e. The van der Waals surface area contributed by atoms with Gasteiger partial charge < -0.3 is 13.9 Å². The minimum absolute atomic E-state index is 0.0287. The van der Waals surface area contributed by atoms with E-state index in [4.69, 9.17) is 13.9 Å². The van der Waals surface area contributed by atoms with Crippen LogP contribution in [0.4, 0.5) is 6.01 Å². The molecule has 2 aromatic rings. The van der Waals surface area contributed by atoms with Crippen molar-refractivity contribution in [2.75, 3.05) is 18.5 Å². The summed E-state index contributed by atoms with van der Waals surface area (Å²) in [4.78, 5) is 11.9. The highest BCUT2D eigenvalue weighted by molar-refractivity contribution is 5.90. The number of hydrogen-bond donors (Lipinski definition) is 1. The Morgan fingerprint density at radius 2 is 2.05 bits per heavy atom. The van der Waals surface area contributed by atoms with Crippen molar-refractivity contribution in [1.29, 1.82) is 0 Å². The van der Waals surface area contributed by atoms with Crippen molar-refractivity contribution < 1.29 is 18.7 Å². The summed E-state index contributed by atoms with van der Waals surface area (Å²) in [7, 11) is 0. The first kappa shape index (κ1) is 13.2. The third-order valence-corrected chi connectivity index (χ3v) is 2.74. The highest BCUT2D eigenvalue weighted by atomic mass is 16.6. The van der Waals surface area contributed by atoms with Crippen molar-refractivity contribution in [2.24, 2.45) is 0 Å². The van der Waals surface area contributed by atoms with Gasteiger partial charge in [0.15, 0.2) is 0 Å². The summed E-state index contributed by atoms with van der Waals surface area (Å²) in [6.45, 7) is 0.905. The predicted molar refractivity (Wildman–Crippen MR) is 73.0 cm³/mol. The molecule has 3 rings (SSSR count). The third kappa shape index (κ3) is 3.38. The van der Waals surface area contributed by atoms with Crippen molar-refractivity contribution in [2.45, 2.75) is 6.42 Å². The fourth-order valence-corrected chi connectivity index (χ4v) is 1.80. The van der Waals surface area contributed by atoms with Gasteiger partial charge in [-0.1, -0.05) is 35.4 Å². The van der Waals surface area contributed by atoms with Gasteiger partial charge in [0.2, 0.25) is 11.7 Å². The van der Waals surface area contributed by atoms with Gasteiger partial charge in [0.05, 0.1) is 6.42 Å². The molecule has 0 saturated carbocycles. The first-order valence-electron chi connectivity index (χ1n) is 6.43. The van der Waals surface area contributed by atoms with Crippen LogP contribution < -0.4 is 5.32 Å². The Morgan fingerprint density at radius 1 is 1.19 bits per heavy atom. The molecule has 0 bridgehead atoms. The number of carbonyl (C=O) groups is 1. The van der Waals surface area contributed by atoms with E-state index >= 15 is 0 Å². The maximum absolute atomic E-state index is 11.9. The first-order chi connectivity index (χ1) is 10.3. The average Bonchev–Trinajstić information content (AvgIpc) is 2.97. The largest absolute Gasteiger partial charge is 0.494 e. The van der Waals surface area contributed by atoms with Gasteiger partial charge >= 0.3 is 6.01 Å². The molecule has 7 heteroatoms. The Morgan fingerprint density at radius 3 is 2.81 bits per heavy atom. The summed E-state index contributed by atoms with van der Waals surface area (Å²) >= 11 is 0. The Balaban J connectivity index is 1.62. The molecule has 0 saturated heterocycles. The predicted octanol–water partition coefficient (Wildman–Crippen LogP) is 1.60. The molecule has 1 N–H and O–H groups in total. The molecule has 0 aliphatic carbocycles. The second-order valence-corrected chi connectivity index (χ2v) is 4.32. The third-order valence-electron chi connectivity index (χ3n) is 2.74. The lowest BCUT2D eigenvalue weighted by Crippen LogP contribution is -2.14. The number of hydrogen-bond acceptors (Lipinski definition) is 6. The summed E-state index contributed by atoms with van der Waals surface area (Å²) in [5, 5.41) is 10.1. The van der Waals surface area contributed by atoms with Crippen LogP contribution in [-0.4, -0.2) is 29.3 Å². The molecule has 2 heterocycles. The second kappa shape index (κ2) is 6.08. The van der Waals surface area contributed by atoms with E-state index in [0.29, 0.717) is 19.0 Å². The van der Waals surface area contributed by atoms with Crippen molar-refractivity contribution in [1.82, 2.24) is 10.2 Å². The number of aromatic nitrogens is 2. The lowest BCUT2D eigenvalue weighted by Gasteiger charge is -2.11. The number of nitrogens with one attached hydrogen (secondary N) is 1. The number of carbonyl (C=O) groups excluding carboxylic acids is 1. The quantitative estimate of drug-likeness (QED) is 0.919. The Kier molecular flexibility index (Phi) is 3.81. The van der Waals surface area contributed by atoms with Crippen molar-refractivity contribution >= 4 is 17.7 Å². The zero-order valence-corrected chi connectivity index (χ0v) is 11.1. The molecule has 7 nitrogen and oxygen atoms in total. The van der Waals surface area contributed by atoms with Crippen molar-refractivity contribution in [3.63, 3.8) is 0 Å². The topological polar surface area (TPSA) is 86.5 Å². The van der Waals surface area contributed by atoms with Crippen LogP contribution in [0.15, 0.2) is 41.0 Å². The first-order valence-corrected chi connectivity index (χ1v) is 6.43. The summed E-state index contributed by atoms with van der Waals surface area (Å²) in [5.41, 5.74) is 0.904. The Labute approximate surface area is 120 Å². The van der Waals surface area contributed by atoms with Gasteiger partial charge in [0.25, 0.3) is 5.89 Å². The number of benzene rings is 1. The molecular weight excluding hydrogens is 274 g/mol. The minimum Gasteiger partial charge on any atom is -0.494 e. The Bertz CT molecular complexity index is 651. The fraction of sp³-hybridized carbons (Fsp3) is 0.214. The summed E-state index contributed by atoms with van der Waals surface area (Å²) in [6.07, 6.45) is 1.65. The van der Waals surface area contributed by atoms with Gasteiger partial charge in [-0.05, 0) is 5.56 Å². The van der Waals surface area contributed by atoms with Crippen LogP contribution in [0.25, 0.3) is 5.76 Å². The molecule has 1 aromatic carbocycles. The minimum atomic E-state index is -0.230. The van der Waals surface area contributed by atoms with E-state index in [9.17, 15) is 4.79 Å². The van der Waals surface area contributed by atoms with E-state index in [1.165, 1.54) is 6.26 Å². The molecule has 108 valence electrons. The van der Waals surface area contributed by atoms with Gasteiger partial charge in [-0.2, -0.15) is 0 Å². The number of ether oxygens (including phenoxy) is 2. The monoisotopic (exact) mass is 287 g/mol. The van der Waals surface area contributed by atoms with E-state index < -0.39 is 0 Å². The van der Waals surface area contributed by atoms with Crippen molar-refractivity contribution in [3.8, 4) is 0 Å². The van der Waals surface area contributed by atoms with E-state index in [2.05, 4.69) is 15.5 Å². The van der Waals surface area contributed by atoms with Crippen LogP contribution in [0, 0.1) is 0 Å². The molecule has 0 atom stereocenters. The van der Waals surface area contributed by atoms with Crippen LogP contribution in [0.5, 0.6) is 0 Å². The normalized spacial score (nSPS) is 13.8. The lowest BCUT2D eigenvalue weighted by atomic mass is 10.1. The zero-order chi connectivity index (χ0) is 14.5. The molecular formula is C14H13N3O4. The number of anilines is 1. The number of rotatable bonds is 4. The molecule has 0 unspecified atom stereocenters. The van der Waals surface area contributed by atoms with E-state index in [1.54, 1.807) is 0 Å². The Hall–Kier alpha value is -2.83. The zero-order valence-electron chi connectivity index (χ0n) is 11.1. The summed E-state index contributed by atoms with van der Waals surface area (Å²) < 4.78 is 15.7. The van der Waals surface area contributed by atoms with Crippen LogP contribution in [-0.2, 0) is 20.7 Å². The smallest absolute Gasteiger partial charge is 0.322 e. The van der Waals surface area contributed by atoms with E-state index in [-0.39, 0.29) is 24.2 Å². The van der Waals surface area contributed by atoms with Gasteiger partial charge in [0.1, 0.15) is 19.5 Å². The SMILES string of the molecule is O=C(Cc1ccccc1)Nc1nnc(C2=COCCO2)o1. The molecule has 1 aromatic heterocycles. The summed E-state index contributed by atoms with van der Waals surface area (Å²) in [5.74, 6) is 0.299. The van der Waals surface area contributed by atoms with Gasteiger partial charge in [0, 0.05) is 0 Å². The highest BCUT2D eigenvalue weighted by Crippen LogP contribution is 2.19. The fourth-order valence-electron chi connectivity index (χ4n) is 1.80. The van der Waals surface area contributed by atoms with Crippen LogP contribution in [0.1, 0.15) is 11.5 Å². The molecule has 0 spiro atoms. The van der Waals surface area contributed by atoms with Gasteiger partial charge in [-0.25, -0.2) is 0 Å². The van der Waals surface area contributed by atoms with Crippen molar-refractivity contribution in [3.05, 3.63) is 48.0 Å². The molecule has 0 radical (unpaired) electrons. The van der Waals surface area contributed by atoms with Crippen LogP contribution in [0.3, 0.4) is 0 Å².